The van der Waals surface area contributed by atoms with Gasteiger partial charge in [0.15, 0.2) is 0 Å². The standard InChI is InChI=1S/C10H7BrN2O2/c11-8-4-6(1-2-9(8)14)3-7(5-12)10(13)15/h1-4,14H,(H2,13,15)/b7-3-. The summed E-state index contributed by atoms with van der Waals surface area (Å²) in [7, 11) is 0. The summed E-state index contributed by atoms with van der Waals surface area (Å²) < 4.78 is 0.484. The molecule has 0 radical (unpaired) electrons. The molecule has 1 amide bonds. The van der Waals surface area contributed by atoms with Crippen LogP contribution in [-0.2, 0) is 4.79 Å². The Balaban J connectivity index is 3.14. The molecule has 0 atom stereocenters. The van der Waals surface area contributed by atoms with E-state index < -0.39 is 5.91 Å². The van der Waals surface area contributed by atoms with Gasteiger partial charge in [-0.15, -0.1) is 0 Å². The second kappa shape index (κ2) is 4.62. The predicted molar refractivity (Wildman–Crippen MR) is 58.6 cm³/mol. The fraction of sp³-hybridized carbons (Fsp3) is 0. The summed E-state index contributed by atoms with van der Waals surface area (Å²) in [6, 6.07) is 6.29. The molecule has 1 rings (SSSR count). The van der Waals surface area contributed by atoms with E-state index in [1.165, 1.54) is 12.1 Å². The lowest BCUT2D eigenvalue weighted by Crippen LogP contribution is -2.12. The summed E-state index contributed by atoms with van der Waals surface area (Å²) in [5, 5.41) is 17.8. The second-order valence-corrected chi connectivity index (χ2v) is 3.60. The van der Waals surface area contributed by atoms with Gasteiger partial charge in [0.1, 0.15) is 17.4 Å². The molecule has 0 fully saturated rings. The van der Waals surface area contributed by atoms with Crippen LogP contribution in [0, 0.1) is 11.3 Å². The quantitative estimate of drug-likeness (QED) is 0.629. The van der Waals surface area contributed by atoms with E-state index in [9.17, 15) is 9.90 Å². The minimum Gasteiger partial charge on any atom is -0.507 e. The number of hydrogen-bond donors (Lipinski definition) is 2. The van der Waals surface area contributed by atoms with Gasteiger partial charge in [-0.25, -0.2) is 0 Å². The number of carbonyl (C=O) groups excluding carboxylic acids is 1. The predicted octanol–water partition coefficient (Wildman–Crippen LogP) is 1.55. The van der Waals surface area contributed by atoms with Crippen LogP contribution in [0.5, 0.6) is 5.75 Å². The molecule has 0 bridgehead atoms. The van der Waals surface area contributed by atoms with Gasteiger partial charge in [0.25, 0.3) is 5.91 Å². The van der Waals surface area contributed by atoms with Crippen molar-refractivity contribution in [1.82, 2.24) is 0 Å². The van der Waals surface area contributed by atoms with Crippen molar-refractivity contribution in [3.05, 3.63) is 33.8 Å². The zero-order chi connectivity index (χ0) is 11.4. The maximum absolute atomic E-state index is 10.8. The van der Waals surface area contributed by atoms with Crippen molar-refractivity contribution in [2.24, 2.45) is 5.73 Å². The molecular formula is C10H7BrN2O2. The maximum atomic E-state index is 10.8. The van der Waals surface area contributed by atoms with Gasteiger partial charge < -0.3 is 10.8 Å². The van der Waals surface area contributed by atoms with Gasteiger partial charge in [-0.2, -0.15) is 5.26 Å². The molecule has 15 heavy (non-hydrogen) atoms. The molecule has 1 aromatic rings. The van der Waals surface area contributed by atoms with Crippen molar-refractivity contribution >= 4 is 27.9 Å². The van der Waals surface area contributed by atoms with Crippen molar-refractivity contribution in [2.75, 3.05) is 0 Å². The van der Waals surface area contributed by atoms with Crippen LogP contribution in [0.3, 0.4) is 0 Å². The van der Waals surface area contributed by atoms with Gasteiger partial charge >= 0.3 is 0 Å². The third-order valence-electron chi connectivity index (χ3n) is 1.67. The van der Waals surface area contributed by atoms with Crippen LogP contribution in [0.25, 0.3) is 6.08 Å². The highest BCUT2D eigenvalue weighted by Gasteiger charge is 2.04. The molecule has 0 saturated heterocycles. The van der Waals surface area contributed by atoms with Crippen molar-refractivity contribution < 1.29 is 9.90 Å². The van der Waals surface area contributed by atoms with Gasteiger partial charge in [0.05, 0.1) is 4.47 Å². The first-order chi connectivity index (χ1) is 7.04. The highest BCUT2D eigenvalue weighted by Crippen LogP contribution is 2.25. The van der Waals surface area contributed by atoms with Gasteiger partial charge in [-0.1, -0.05) is 6.07 Å². The number of amides is 1. The number of aromatic hydroxyl groups is 1. The minimum atomic E-state index is -0.776. The smallest absolute Gasteiger partial charge is 0.259 e. The number of nitriles is 1. The number of rotatable bonds is 2. The SMILES string of the molecule is N#C/C(=C/c1ccc(O)c(Br)c1)C(N)=O. The molecule has 0 heterocycles. The molecule has 0 aliphatic carbocycles. The van der Waals surface area contributed by atoms with E-state index in [1.807, 2.05) is 0 Å². The number of nitrogens with two attached hydrogens (primary N) is 1. The van der Waals surface area contributed by atoms with E-state index in [0.29, 0.717) is 10.0 Å². The third-order valence-corrected chi connectivity index (χ3v) is 2.30. The average molecular weight is 267 g/mol. The number of primary amides is 1. The van der Waals surface area contributed by atoms with E-state index in [0.717, 1.165) is 0 Å². The Hall–Kier alpha value is -1.80. The lowest BCUT2D eigenvalue weighted by Gasteiger charge is -1.98. The highest BCUT2D eigenvalue weighted by molar-refractivity contribution is 9.10. The van der Waals surface area contributed by atoms with Gasteiger partial charge in [0.2, 0.25) is 0 Å². The van der Waals surface area contributed by atoms with Crippen LogP contribution >= 0.6 is 15.9 Å². The fourth-order valence-electron chi connectivity index (χ4n) is 0.938. The number of phenolic OH excluding ortho intramolecular Hbond substituents is 1. The summed E-state index contributed by atoms with van der Waals surface area (Å²) in [5.41, 5.74) is 5.45. The summed E-state index contributed by atoms with van der Waals surface area (Å²) in [5.74, 6) is -0.688. The van der Waals surface area contributed by atoms with Crippen LogP contribution in [-0.4, -0.2) is 11.0 Å². The van der Waals surface area contributed by atoms with Crippen LogP contribution in [0.15, 0.2) is 28.2 Å². The van der Waals surface area contributed by atoms with Crippen LogP contribution in [0.2, 0.25) is 0 Å². The number of halogens is 1. The molecule has 0 aromatic heterocycles. The maximum Gasteiger partial charge on any atom is 0.259 e. The summed E-state index contributed by atoms with van der Waals surface area (Å²) in [6.45, 7) is 0. The topological polar surface area (TPSA) is 87.1 Å². The first-order valence-corrected chi connectivity index (χ1v) is 4.74. The monoisotopic (exact) mass is 266 g/mol. The molecular weight excluding hydrogens is 260 g/mol. The van der Waals surface area contributed by atoms with Crippen molar-refractivity contribution in [1.29, 1.82) is 5.26 Å². The molecule has 0 aliphatic heterocycles. The fourth-order valence-corrected chi connectivity index (χ4v) is 1.33. The molecule has 0 saturated carbocycles. The van der Waals surface area contributed by atoms with E-state index in [-0.39, 0.29) is 11.3 Å². The highest BCUT2D eigenvalue weighted by atomic mass is 79.9. The molecule has 4 nitrogen and oxygen atoms in total. The lowest BCUT2D eigenvalue weighted by molar-refractivity contribution is -0.114. The number of benzene rings is 1. The van der Waals surface area contributed by atoms with E-state index in [4.69, 9.17) is 11.0 Å². The average Bonchev–Trinajstić information content (AvgIpc) is 2.19. The zero-order valence-corrected chi connectivity index (χ0v) is 9.15. The Morgan fingerprint density at radius 1 is 1.60 bits per heavy atom. The zero-order valence-electron chi connectivity index (χ0n) is 7.57. The number of phenols is 1. The van der Waals surface area contributed by atoms with E-state index in [1.54, 1.807) is 18.2 Å². The molecule has 0 spiro atoms. The summed E-state index contributed by atoms with van der Waals surface area (Å²) in [4.78, 5) is 10.8. The van der Waals surface area contributed by atoms with Crippen molar-refractivity contribution in [3.63, 3.8) is 0 Å². The molecule has 76 valence electrons. The number of carbonyl (C=O) groups is 1. The Kier molecular flexibility index (Phi) is 3.47. The van der Waals surface area contributed by atoms with Gasteiger partial charge in [-0.3, -0.25) is 4.79 Å². The molecule has 1 aromatic carbocycles. The van der Waals surface area contributed by atoms with Crippen LogP contribution in [0.4, 0.5) is 0 Å². The first-order valence-electron chi connectivity index (χ1n) is 3.94. The Labute approximate surface area is 94.8 Å². The largest absolute Gasteiger partial charge is 0.507 e. The molecule has 5 heteroatoms. The van der Waals surface area contributed by atoms with E-state index >= 15 is 0 Å². The lowest BCUT2D eigenvalue weighted by atomic mass is 10.1. The molecule has 0 aliphatic rings. The minimum absolute atomic E-state index is 0.0877. The normalized spacial score (nSPS) is 10.8. The van der Waals surface area contributed by atoms with E-state index in [2.05, 4.69) is 15.9 Å². The van der Waals surface area contributed by atoms with Gasteiger partial charge in [-0.05, 0) is 39.7 Å². The second-order valence-electron chi connectivity index (χ2n) is 2.74. The summed E-state index contributed by atoms with van der Waals surface area (Å²) in [6.07, 6.45) is 1.35. The van der Waals surface area contributed by atoms with Crippen molar-refractivity contribution in [3.8, 4) is 11.8 Å². The van der Waals surface area contributed by atoms with Gasteiger partial charge in [0, 0.05) is 0 Å². The number of hydrogen-bond acceptors (Lipinski definition) is 3. The summed E-state index contributed by atoms with van der Waals surface area (Å²) >= 11 is 3.12. The molecule has 0 unspecified atom stereocenters. The first kappa shape index (κ1) is 11.3. The Bertz CT molecular complexity index is 475. The number of nitrogens with zero attached hydrogens (tertiary/aromatic N) is 1. The third kappa shape index (κ3) is 2.82. The Morgan fingerprint density at radius 3 is 2.73 bits per heavy atom. The van der Waals surface area contributed by atoms with Crippen LogP contribution in [0.1, 0.15) is 5.56 Å². The van der Waals surface area contributed by atoms with Crippen molar-refractivity contribution in [2.45, 2.75) is 0 Å². The van der Waals surface area contributed by atoms with Crippen LogP contribution < -0.4 is 5.73 Å². The molecule has 3 N–H and O–H groups in total. The Morgan fingerprint density at radius 2 is 2.27 bits per heavy atom.